The molecule has 7 nitrogen and oxygen atoms in total. The van der Waals surface area contributed by atoms with Crippen molar-refractivity contribution in [2.75, 3.05) is 13.2 Å². The van der Waals surface area contributed by atoms with Crippen LogP contribution in [0.15, 0.2) is 89.9 Å². The van der Waals surface area contributed by atoms with Gasteiger partial charge >= 0.3 is 11.9 Å². The van der Waals surface area contributed by atoms with Crippen molar-refractivity contribution in [3.63, 3.8) is 0 Å². The Hall–Kier alpha value is -5.05. The second kappa shape index (κ2) is 28.4. The van der Waals surface area contributed by atoms with Crippen LogP contribution in [-0.4, -0.2) is 31.4 Å². The van der Waals surface area contributed by atoms with Gasteiger partial charge in [0.1, 0.15) is 17.2 Å². The third-order valence-electron chi connectivity index (χ3n) is 10.4. The SMILES string of the molecule is CCCCCCCCCCCCOc1ccc(C(=O)Oc2ccc(N=Cc3ccc(OC(=O)c4ccc(OCCCCCCCCCCCC)c(F)c4F)cc3)cc2)cc1. The van der Waals surface area contributed by atoms with Crippen molar-refractivity contribution in [1.29, 1.82) is 0 Å². The standard InChI is InChI=1S/C51H65F2NO6/c1-3-5-7-9-11-13-15-17-19-21-37-57-43-31-25-41(26-32-43)50(55)59-45-33-27-42(28-34-45)54-39-40-23-29-44(30-24-40)60-51(56)46-35-36-47(49(53)48(46)52)58-38-22-20-18-16-14-12-10-8-6-4-2/h23-36,39H,3-22,37-38H2,1-2H3. The first-order valence-electron chi connectivity index (χ1n) is 22.4. The van der Waals surface area contributed by atoms with E-state index >= 15 is 0 Å². The molecule has 60 heavy (non-hydrogen) atoms. The summed E-state index contributed by atoms with van der Waals surface area (Å²) in [4.78, 5) is 29.9. The molecule has 0 unspecified atom stereocenters. The van der Waals surface area contributed by atoms with Gasteiger partial charge < -0.3 is 18.9 Å². The van der Waals surface area contributed by atoms with E-state index in [0.29, 0.717) is 29.2 Å². The summed E-state index contributed by atoms with van der Waals surface area (Å²) >= 11 is 0. The van der Waals surface area contributed by atoms with Gasteiger partial charge in [-0.2, -0.15) is 4.39 Å². The van der Waals surface area contributed by atoms with E-state index in [0.717, 1.165) is 37.9 Å². The normalized spacial score (nSPS) is 11.2. The maximum Gasteiger partial charge on any atom is 0.346 e. The van der Waals surface area contributed by atoms with Gasteiger partial charge in [0.05, 0.1) is 30.0 Å². The summed E-state index contributed by atoms with van der Waals surface area (Å²) in [6, 6.07) is 22.6. The van der Waals surface area contributed by atoms with Gasteiger partial charge in [0.15, 0.2) is 11.6 Å². The number of carbonyl (C=O) groups excluding carboxylic acids is 2. The van der Waals surface area contributed by atoms with Gasteiger partial charge in [0.25, 0.3) is 0 Å². The molecule has 4 rings (SSSR count). The van der Waals surface area contributed by atoms with E-state index in [9.17, 15) is 18.4 Å². The Morgan fingerprint density at radius 3 is 1.47 bits per heavy atom. The fourth-order valence-electron chi connectivity index (χ4n) is 6.74. The molecule has 4 aromatic carbocycles. The van der Waals surface area contributed by atoms with Gasteiger partial charge in [-0.1, -0.05) is 129 Å². The lowest BCUT2D eigenvalue weighted by atomic mass is 10.1. The highest BCUT2D eigenvalue weighted by atomic mass is 19.2. The van der Waals surface area contributed by atoms with Gasteiger partial charge in [-0.15, -0.1) is 0 Å². The van der Waals surface area contributed by atoms with E-state index in [2.05, 4.69) is 18.8 Å². The number of hydrogen-bond acceptors (Lipinski definition) is 7. The van der Waals surface area contributed by atoms with Crippen LogP contribution in [0.1, 0.15) is 169 Å². The van der Waals surface area contributed by atoms with Crippen molar-refractivity contribution in [3.05, 3.63) is 113 Å². The maximum atomic E-state index is 14.8. The van der Waals surface area contributed by atoms with E-state index in [1.54, 1.807) is 66.9 Å². The lowest BCUT2D eigenvalue weighted by Gasteiger charge is -2.10. The van der Waals surface area contributed by atoms with Crippen molar-refractivity contribution in [1.82, 2.24) is 0 Å². The second-order valence-electron chi connectivity index (χ2n) is 15.4. The first kappa shape index (κ1) is 47.6. The maximum absolute atomic E-state index is 14.8. The van der Waals surface area contributed by atoms with Gasteiger partial charge in [0, 0.05) is 6.21 Å². The molecule has 0 bridgehead atoms. The molecular weight excluding hydrogens is 761 g/mol. The highest BCUT2D eigenvalue weighted by Crippen LogP contribution is 2.26. The highest BCUT2D eigenvalue weighted by molar-refractivity contribution is 5.92. The Morgan fingerprint density at radius 1 is 0.483 bits per heavy atom. The van der Waals surface area contributed by atoms with E-state index in [1.165, 1.54) is 121 Å². The number of nitrogens with zero attached hydrogens (tertiary/aromatic N) is 1. The molecule has 0 spiro atoms. The Morgan fingerprint density at radius 2 is 0.933 bits per heavy atom. The number of halogens is 2. The van der Waals surface area contributed by atoms with Crippen molar-refractivity contribution in [3.8, 4) is 23.0 Å². The number of rotatable bonds is 30. The predicted molar refractivity (Wildman–Crippen MR) is 238 cm³/mol. The lowest BCUT2D eigenvalue weighted by Crippen LogP contribution is -2.12. The van der Waals surface area contributed by atoms with Crippen molar-refractivity contribution >= 4 is 23.8 Å². The van der Waals surface area contributed by atoms with Crippen LogP contribution >= 0.6 is 0 Å². The number of unbranched alkanes of at least 4 members (excludes halogenated alkanes) is 18. The van der Waals surface area contributed by atoms with Gasteiger partial charge in [-0.3, -0.25) is 4.99 Å². The van der Waals surface area contributed by atoms with E-state index in [-0.39, 0.29) is 18.1 Å². The quantitative estimate of drug-likeness (QED) is 0.0225. The molecule has 0 aliphatic heterocycles. The first-order chi connectivity index (χ1) is 29.4. The molecule has 0 saturated carbocycles. The van der Waals surface area contributed by atoms with Crippen LogP contribution in [0.2, 0.25) is 0 Å². The summed E-state index contributed by atoms with van der Waals surface area (Å²) in [5, 5.41) is 0. The molecule has 0 saturated heterocycles. The van der Waals surface area contributed by atoms with Gasteiger partial charge in [-0.05, 0) is 103 Å². The smallest absolute Gasteiger partial charge is 0.346 e. The molecule has 0 heterocycles. The number of esters is 2. The Kier molecular flexibility index (Phi) is 22.6. The van der Waals surface area contributed by atoms with Crippen molar-refractivity contribution < 1.29 is 37.3 Å². The van der Waals surface area contributed by atoms with Crippen LogP contribution in [0.25, 0.3) is 0 Å². The molecular formula is C51H65F2NO6. The molecule has 4 aromatic rings. The molecule has 0 aromatic heterocycles. The van der Waals surface area contributed by atoms with Gasteiger partial charge in [-0.25, -0.2) is 14.0 Å². The summed E-state index contributed by atoms with van der Waals surface area (Å²) in [6.45, 7) is 5.40. The summed E-state index contributed by atoms with van der Waals surface area (Å²) in [7, 11) is 0. The Balaban J connectivity index is 1.13. The molecule has 0 atom stereocenters. The minimum atomic E-state index is -1.31. The number of benzene rings is 4. The van der Waals surface area contributed by atoms with E-state index in [1.807, 2.05) is 0 Å². The first-order valence-corrected chi connectivity index (χ1v) is 22.4. The van der Waals surface area contributed by atoms with Crippen LogP contribution in [0.3, 0.4) is 0 Å². The van der Waals surface area contributed by atoms with Crippen LogP contribution in [0.5, 0.6) is 23.0 Å². The summed E-state index contributed by atoms with van der Waals surface area (Å²) in [5.74, 6) is -2.95. The third kappa shape index (κ3) is 18.1. The largest absolute Gasteiger partial charge is 0.494 e. The number of hydrogen-bond donors (Lipinski definition) is 0. The Bertz CT molecular complexity index is 1840. The van der Waals surface area contributed by atoms with Crippen molar-refractivity contribution in [2.24, 2.45) is 4.99 Å². The highest BCUT2D eigenvalue weighted by Gasteiger charge is 2.21. The average molecular weight is 826 g/mol. The zero-order valence-corrected chi connectivity index (χ0v) is 35.9. The summed E-state index contributed by atoms with van der Waals surface area (Å²) in [6.07, 6.45) is 26.0. The number of ether oxygens (including phenoxy) is 4. The fraction of sp³-hybridized carbons (Fsp3) is 0.471. The monoisotopic (exact) mass is 825 g/mol. The molecule has 324 valence electrons. The van der Waals surface area contributed by atoms with Crippen molar-refractivity contribution in [2.45, 2.75) is 142 Å². The van der Waals surface area contributed by atoms with Gasteiger partial charge in [0.2, 0.25) is 5.82 Å². The van der Waals surface area contributed by atoms with E-state index in [4.69, 9.17) is 18.9 Å². The minimum absolute atomic E-state index is 0.163. The number of aliphatic imine (C=N–C) groups is 1. The molecule has 0 radical (unpaired) electrons. The molecule has 9 heteroatoms. The fourth-order valence-corrected chi connectivity index (χ4v) is 6.74. The summed E-state index contributed by atoms with van der Waals surface area (Å²) < 4.78 is 51.8. The van der Waals surface area contributed by atoms with Crippen LogP contribution in [0, 0.1) is 11.6 Å². The van der Waals surface area contributed by atoms with Crippen LogP contribution in [0.4, 0.5) is 14.5 Å². The summed E-state index contributed by atoms with van der Waals surface area (Å²) in [5.41, 5.74) is 1.24. The molecule has 0 fully saturated rings. The molecule has 0 amide bonds. The molecule has 0 N–H and O–H groups in total. The van der Waals surface area contributed by atoms with Crippen LogP contribution in [-0.2, 0) is 0 Å². The molecule has 0 aliphatic rings. The Labute approximate surface area is 356 Å². The minimum Gasteiger partial charge on any atom is -0.494 e. The predicted octanol–water partition coefficient (Wildman–Crippen LogP) is 14.8. The van der Waals surface area contributed by atoms with E-state index < -0.39 is 29.1 Å². The topological polar surface area (TPSA) is 83.4 Å². The second-order valence-corrected chi connectivity index (χ2v) is 15.4. The lowest BCUT2D eigenvalue weighted by molar-refractivity contribution is 0.0721. The zero-order chi connectivity index (χ0) is 42.6. The third-order valence-corrected chi connectivity index (χ3v) is 10.4. The number of carbonyl (C=O) groups is 2. The zero-order valence-electron chi connectivity index (χ0n) is 35.9. The average Bonchev–Trinajstić information content (AvgIpc) is 3.26. The molecule has 0 aliphatic carbocycles. The van der Waals surface area contributed by atoms with Crippen LogP contribution < -0.4 is 18.9 Å².